The maximum Gasteiger partial charge on any atom is 0.269 e. The third kappa shape index (κ3) is 5.07. The fourth-order valence-electron chi connectivity index (χ4n) is 3.46. The van der Waals surface area contributed by atoms with Crippen LogP contribution in [0.2, 0.25) is 0 Å². The number of thioether (sulfide) groups is 1. The molecule has 0 aliphatic rings. The minimum absolute atomic E-state index is 0.0462. The van der Waals surface area contributed by atoms with E-state index in [0.717, 1.165) is 11.3 Å². The highest BCUT2D eigenvalue weighted by molar-refractivity contribution is 7.99. The van der Waals surface area contributed by atoms with Gasteiger partial charge in [0, 0.05) is 28.9 Å². The number of para-hydroxylation sites is 1. The van der Waals surface area contributed by atoms with Crippen molar-refractivity contribution in [2.75, 3.05) is 5.75 Å². The molecule has 0 atom stereocenters. The Morgan fingerprint density at radius 2 is 1.59 bits per heavy atom. The van der Waals surface area contributed by atoms with Crippen LogP contribution >= 0.6 is 11.8 Å². The van der Waals surface area contributed by atoms with Gasteiger partial charge >= 0.3 is 0 Å². The van der Waals surface area contributed by atoms with Crippen LogP contribution in [0.4, 0.5) is 5.69 Å². The highest BCUT2D eigenvalue weighted by Gasteiger charge is 2.19. The molecule has 7 nitrogen and oxygen atoms in total. The lowest BCUT2D eigenvalue weighted by atomic mass is 9.87. The summed E-state index contributed by atoms with van der Waals surface area (Å²) >= 11 is 1.28. The minimum Gasteiger partial charge on any atom is -0.293 e. The molecule has 0 amide bonds. The molecule has 1 aromatic heterocycles. The lowest BCUT2D eigenvalue weighted by Crippen LogP contribution is -2.10. The van der Waals surface area contributed by atoms with Crippen molar-refractivity contribution in [1.82, 2.24) is 14.8 Å². The molecule has 172 valence electrons. The number of Topliss-reactive ketones (excluding diaryl/α,β-unsaturated/α-hetero) is 1. The number of aromatic nitrogens is 3. The van der Waals surface area contributed by atoms with Crippen LogP contribution in [0.25, 0.3) is 17.1 Å². The quantitative estimate of drug-likeness (QED) is 0.139. The number of nitrogens with zero attached hydrogens (tertiary/aromatic N) is 4. The summed E-state index contributed by atoms with van der Waals surface area (Å²) in [5.41, 5.74) is 3.47. The van der Waals surface area contributed by atoms with Crippen LogP contribution in [-0.4, -0.2) is 31.2 Å². The van der Waals surface area contributed by atoms with E-state index in [1.54, 1.807) is 0 Å². The Labute approximate surface area is 202 Å². The molecular weight excluding hydrogens is 448 g/mol. The Hall–Kier alpha value is -3.78. The number of hydrogen-bond acceptors (Lipinski definition) is 6. The van der Waals surface area contributed by atoms with E-state index in [2.05, 4.69) is 43.1 Å². The normalized spacial score (nSPS) is 11.4. The fourth-order valence-corrected chi connectivity index (χ4v) is 4.31. The zero-order valence-electron chi connectivity index (χ0n) is 19.1. The Kier molecular flexibility index (Phi) is 6.61. The monoisotopic (exact) mass is 472 g/mol. The molecule has 0 bridgehead atoms. The molecule has 3 aromatic carbocycles. The van der Waals surface area contributed by atoms with Crippen LogP contribution in [0.15, 0.2) is 84.0 Å². The van der Waals surface area contributed by atoms with Gasteiger partial charge in [0.05, 0.1) is 10.7 Å². The average molecular weight is 473 g/mol. The van der Waals surface area contributed by atoms with Crippen molar-refractivity contribution in [3.63, 3.8) is 0 Å². The molecule has 0 radical (unpaired) electrons. The summed E-state index contributed by atoms with van der Waals surface area (Å²) < 4.78 is 1.94. The minimum atomic E-state index is -0.485. The Morgan fingerprint density at radius 1 is 0.941 bits per heavy atom. The van der Waals surface area contributed by atoms with Crippen LogP contribution in [0.5, 0.6) is 0 Å². The number of benzene rings is 3. The topological polar surface area (TPSA) is 90.9 Å². The van der Waals surface area contributed by atoms with Gasteiger partial charge in [-0.1, -0.05) is 75.0 Å². The van der Waals surface area contributed by atoms with Crippen LogP contribution in [0, 0.1) is 10.1 Å². The molecule has 34 heavy (non-hydrogen) atoms. The SMILES string of the molecule is CC(C)(C)c1ccc(-c2nnc(SCC(=O)c3ccc([N+](=O)[O-])cc3)n2-c2ccccc2)cc1. The number of carbonyl (C=O) groups is 1. The molecule has 8 heteroatoms. The number of rotatable bonds is 7. The Morgan fingerprint density at radius 3 is 2.18 bits per heavy atom. The molecule has 0 saturated carbocycles. The molecule has 0 unspecified atom stereocenters. The second-order valence-electron chi connectivity index (χ2n) is 8.82. The van der Waals surface area contributed by atoms with Crippen molar-refractivity contribution in [3.05, 3.63) is 100 Å². The summed E-state index contributed by atoms with van der Waals surface area (Å²) in [6.45, 7) is 6.52. The van der Waals surface area contributed by atoms with Crippen LogP contribution in [0.3, 0.4) is 0 Å². The summed E-state index contributed by atoms with van der Waals surface area (Å²) in [6, 6.07) is 23.7. The van der Waals surface area contributed by atoms with E-state index in [9.17, 15) is 14.9 Å². The van der Waals surface area contributed by atoms with E-state index in [-0.39, 0.29) is 22.6 Å². The number of ketones is 1. The van der Waals surface area contributed by atoms with Crippen molar-refractivity contribution >= 4 is 23.2 Å². The summed E-state index contributed by atoms with van der Waals surface area (Å²) in [5.74, 6) is 0.682. The van der Waals surface area contributed by atoms with Gasteiger partial charge in [0.1, 0.15) is 0 Å². The van der Waals surface area contributed by atoms with Crippen LogP contribution in [-0.2, 0) is 5.41 Å². The van der Waals surface area contributed by atoms with Crippen molar-refractivity contribution in [2.24, 2.45) is 0 Å². The maximum atomic E-state index is 12.7. The first-order valence-electron chi connectivity index (χ1n) is 10.8. The van der Waals surface area contributed by atoms with Gasteiger partial charge in [0.25, 0.3) is 5.69 Å². The van der Waals surface area contributed by atoms with Gasteiger partial charge < -0.3 is 0 Å². The molecule has 4 rings (SSSR count). The van der Waals surface area contributed by atoms with E-state index in [4.69, 9.17) is 0 Å². The number of non-ortho nitro benzene ring substituents is 1. The van der Waals surface area contributed by atoms with E-state index >= 15 is 0 Å². The third-order valence-electron chi connectivity index (χ3n) is 5.39. The summed E-state index contributed by atoms with van der Waals surface area (Å²) in [5, 5.41) is 20.3. The molecule has 0 fully saturated rings. The van der Waals surface area contributed by atoms with Gasteiger partial charge in [-0.15, -0.1) is 10.2 Å². The van der Waals surface area contributed by atoms with Crippen molar-refractivity contribution < 1.29 is 9.72 Å². The zero-order valence-corrected chi connectivity index (χ0v) is 20.0. The highest BCUT2D eigenvalue weighted by Crippen LogP contribution is 2.30. The second kappa shape index (κ2) is 9.61. The van der Waals surface area contributed by atoms with Gasteiger partial charge in [0.15, 0.2) is 16.8 Å². The number of nitro benzene ring substituents is 1. The maximum absolute atomic E-state index is 12.7. The third-order valence-corrected chi connectivity index (χ3v) is 6.32. The van der Waals surface area contributed by atoms with Crippen LogP contribution in [0.1, 0.15) is 36.7 Å². The summed E-state index contributed by atoms with van der Waals surface area (Å²) in [6.07, 6.45) is 0. The first-order valence-corrected chi connectivity index (χ1v) is 11.7. The van der Waals surface area contributed by atoms with Crippen molar-refractivity contribution in [2.45, 2.75) is 31.3 Å². The highest BCUT2D eigenvalue weighted by atomic mass is 32.2. The summed E-state index contributed by atoms with van der Waals surface area (Å²) in [7, 11) is 0. The van der Waals surface area contributed by atoms with E-state index in [1.807, 2.05) is 47.0 Å². The van der Waals surface area contributed by atoms with Gasteiger partial charge in [0.2, 0.25) is 0 Å². The van der Waals surface area contributed by atoms with E-state index < -0.39 is 4.92 Å². The largest absolute Gasteiger partial charge is 0.293 e. The standard InChI is InChI=1S/C26H24N4O3S/c1-26(2,3)20-13-9-19(10-14-20)24-27-28-25(29(24)21-7-5-4-6-8-21)34-17-23(31)18-11-15-22(16-12-18)30(32)33/h4-16H,17H2,1-3H3. The van der Waals surface area contributed by atoms with E-state index in [1.165, 1.54) is 41.6 Å². The zero-order chi connectivity index (χ0) is 24.3. The molecule has 0 aliphatic carbocycles. The van der Waals surface area contributed by atoms with Crippen LogP contribution < -0.4 is 0 Å². The Balaban J connectivity index is 1.62. The molecular formula is C26H24N4O3S. The predicted molar refractivity (Wildman–Crippen MR) is 134 cm³/mol. The smallest absolute Gasteiger partial charge is 0.269 e. The lowest BCUT2D eigenvalue weighted by Gasteiger charge is -2.19. The Bertz CT molecular complexity index is 1310. The molecule has 0 spiro atoms. The first-order chi connectivity index (χ1) is 16.2. The van der Waals surface area contributed by atoms with Crippen molar-refractivity contribution in [1.29, 1.82) is 0 Å². The predicted octanol–water partition coefficient (Wildman–Crippen LogP) is 6.12. The second-order valence-corrected chi connectivity index (χ2v) is 9.76. The van der Waals surface area contributed by atoms with Gasteiger partial charge in [-0.3, -0.25) is 19.5 Å². The number of carbonyl (C=O) groups excluding carboxylic acids is 1. The first kappa shape index (κ1) is 23.4. The molecule has 0 saturated heterocycles. The molecule has 1 heterocycles. The summed E-state index contributed by atoms with van der Waals surface area (Å²) in [4.78, 5) is 23.1. The fraction of sp³-hybridized carbons (Fsp3) is 0.192. The number of hydrogen-bond donors (Lipinski definition) is 0. The lowest BCUT2D eigenvalue weighted by molar-refractivity contribution is -0.384. The van der Waals surface area contributed by atoms with Gasteiger partial charge in [-0.2, -0.15) is 0 Å². The van der Waals surface area contributed by atoms with E-state index in [0.29, 0.717) is 16.5 Å². The number of nitro groups is 1. The average Bonchev–Trinajstić information content (AvgIpc) is 3.26. The van der Waals surface area contributed by atoms with Crippen molar-refractivity contribution in [3.8, 4) is 17.1 Å². The van der Waals surface area contributed by atoms with Gasteiger partial charge in [-0.25, -0.2) is 0 Å². The molecule has 4 aromatic rings. The molecule has 0 aliphatic heterocycles. The van der Waals surface area contributed by atoms with Gasteiger partial charge in [-0.05, 0) is 35.2 Å². The molecule has 0 N–H and O–H groups in total.